The molecule has 1 fully saturated rings. The van der Waals surface area contributed by atoms with E-state index in [0.717, 1.165) is 22.3 Å². The van der Waals surface area contributed by atoms with Gasteiger partial charge in [0.1, 0.15) is 0 Å². The van der Waals surface area contributed by atoms with Gasteiger partial charge in [0.25, 0.3) is 5.91 Å². The summed E-state index contributed by atoms with van der Waals surface area (Å²) in [7, 11) is 1.90. The highest BCUT2D eigenvalue weighted by molar-refractivity contribution is 5.82. The van der Waals surface area contributed by atoms with Crippen molar-refractivity contribution in [1.82, 2.24) is 24.3 Å². The number of amides is 1. The molecule has 158 valence electrons. The number of benzene rings is 1. The summed E-state index contributed by atoms with van der Waals surface area (Å²) in [5, 5.41) is 19.2. The highest BCUT2D eigenvalue weighted by Crippen LogP contribution is 2.27. The molecule has 8 nitrogen and oxygen atoms in total. The van der Waals surface area contributed by atoms with Crippen LogP contribution in [0.25, 0.3) is 16.6 Å². The maximum atomic E-state index is 12.7. The zero-order valence-corrected chi connectivity index (χ0v) is 17.3. The Kier molecular flexibility index (Phi) is 4.91. The summed E-state index contributed by atoms with van der Waals surface area (Å²) in [6.07, 6.45) is 6.58. The first-order chi connectivity index (χ1) is 15.1. The molecule has 0 bridgehead atoms. The minimum atomic E-state index is -1.12. The van der Waals surface area contributed by atoms with Crippen LogP contribution in [0.3, 0.4) is 0 Å². The highest BCUT2D eigenvalue weighted by atomic mass is 16.3. The second-order valence-electron chi connectivity index (χ2n) is 7.81. The third-order valence-corrected chi connectivity index (χ3v) is 5.82. The molecule has 1 aliphatic rings. The van der Waals surface area contributed by atoms with E-state index < -0.39 is 6.10 Å². The van der Waals surface area contributed by atoms with Gasteiger partial charge in [0.2, 0.25) is 0 Å². The fraction of sp³-hybridized carbons (Fsp3) is 0.261. The van der Waals surface area contributed by atoms with Gasteiger partial charge in [-0.1, -0.05) is 36.4 Å². The minimum Gasteiger partial charge on any atom is -0.378 e. The molecule has 1 N–H and O–H groups in total. The van der Waals surface area contributed by atoms with Crippen molar-refractivity contribution < 1.29 is 9.90 Å². The lowest BCUT2D eigenvalue weighted by atomic mass is 10.1. The zero-order valence-electron chi connectivity index (χ0n) is 17.3. The predicted molar refractivity (Wildman–Crippen MR) is 118 cm³/mol. The van der Waals surface area contributed by atoms with E-state index in [1.165, 1.54) is 0 Å². The Bertz CT molecular complexity index is 1210. The Morgan fingerprint density at radius 3 is 2.42 bits per heavy atom. The van der Waals surface area contributed by atoms with Crippen LogP contribution in [-0.2, 0) is 11.8 Å². The number of carbonyl (C=O) groups excluding carboxylic acids is 1. The van der Waals surface area contributed by atoms with Crippen molar-refractivity contribution in [2.24, 2.45) is 7.05 Å². The molecule has 1 saturated heterocycles. The van der Waals surface area contributed by atoms with Crippen molar-refractivity contribution >= 4 is 17.1 Å². The number of aromatic nitrogens is 4. The second-order valence-corrected chi connectivity index (χ2v) is 7.81. The third-order valence-electron chi connectivity index (χ3n) is 5.82. The van der Waals surface area contributed by atoms with Crippen LogP contribution < -0.4 is 4.90 Å². The van der Waals surface area contributed by atoms with Crippen LogP contribution in [0.15, 0.2) is 67.3 Å². The van der Waals surface area contributed by atoms with Crippen molar-refractivity contribution in [3.8, 4) is 11.1 Å². The zero-order chi connectivity index (χ0) is 21.4. The number of anilines is 1. The van der Waals surface area contributed by atoms with Crippen LogP contribution in [-0.4, -0.2) is 61.5 Å². The number of nitrogens with zero attached hydrogens (tertiary/aromatic N) is 6. The normalized spacial score (nSPS) is 15.4. The number of carbonyl (C=O) groups is 1. The molecule has 0 unspecified atom stereocenters. The molecule has 4 aromatic rings. The summed E-state index contributed by atoms with van der Waals surface area (Å²) in [4.78, 5) is 16.7. The van der Waals surface area contributed by atoms with Crippen molar-refractivity contribution in [2.45, 2.75) is 6.10 Å². The van der Waals surface area contributed by atoms with Crippen LogP contribution in [0.1, 0.15) is 11.7 Å². The quantitative estimate of drug-likeness (QED) is 0.551. The maximum Gasteiger partial charge on any atom is 0.256 e. The van der Waals surface area contributed by atoms with Gasteiger partial charge in [-0.15, -0.1) is 0 Å². The molecule has 3 aromatic heterocycles. The number of aliphatic hydroxyl groups excluding tert-OH is 1. The highest BCUT2D eigenvalue weighted by Gasteiger charge is 2.28. The van der Waals surface area contributed by atoms with E-state index in [2.05, 4.69) is 27.2 Å². The van der Waals surface area contributed by atoms with Crippen LogP contribution in [0.4, 0.5) is 5.69 Å². The van der Waals surface area contributed by atoms with Gasteiger partial charge in [-0.05, 0) is 11.6 Å². The predicted octanol–water partition coefficient (Wildman–Crippen LogP) is 2.12. The van der Waals surface area contributed by atoms with E-state index in [1.807, 2.05) is 54.5 Å². The van der Waals surface area contributed by atoms with E-state index in [0.29, 0.717) is 31.7 Å². The molecule has 4 heterocycles. The largest absolute Gasteiger partial charge is 0.378 e. The summed E-state index contributed by atoms with van der Waals surface area (Å²) in [6, 6.07) is 13.2. The van der Waals surface area contributed by atoms with Gasteiger partial charge in [-0.2, -0.15) is 10.2 Å². The van der Waals surface area contributed by atoms with E-state index in [4.69, 9.17) is 0 Å². The van der Waals surface area contributed by atoms with Gasteiger partial charge >= 0.3 is 0 Å². The number of rotatable bonds is 4. The van der Waals surface area contributed by atoms with E-state index in [-0.39, 0.29) is 5.91 Å². The molecular formula is C23H24N6O2. The number of pyridine rings is 1. The third kappa shape index (κ3) is 3.66. The Balaban J connectivity index is 1.29. The first-order valence-electron chi connectivity index (χ1n) is 10.3. The lowest BCUT2D eigenvalue weighted by Crippen LogP contribution is -2.50. The molecule has 0 saturated carbocycles. The van der Waals surface area contributed by atoms with Gasteiger partial charge in [-0.3, -0.25) is 9.48 Å². The molecule has 0 radical (unpaired) electrons. The lowest BCUT2D eigenvalue weighted by molar-refractivity contribution is -0.140. The lowest BCUT2D eigenvalue weighted by Gasteiger charge is -2.36. The fourth-order valence-electron chi connectivity index (χ4n) is 4.07. The number of piperazine rings is 1. The van der Waals surface area contributed by atoms with Crippen LogP contribution in [0.2, 0.25) is 0 Å². The van der Waals surface area contributed by atoms with Crippen molar-refractivity contribution in [3.05, 3.63) is 72.8 Å². The van der Waals surface area contributed by atoms with E-state index >= 15 is 0 Å². The molecule has 0 aliphatic carbocycles. The second kappa shape index (κ2) is 7.88. The van der Waals surface area contributed by atoms with Crippen LogP contribution in [0.5, 0.6) is 0 Å². The molecule has 1 aromatic carbocycles. The van der Waals surface area contributed by atoms with Gasteiger partial charge in [0.15, 0.2) is 6.10 Å². The average molecular weight is 416 g/mol. The number of aryl methyl sites for hydroxylation is 1. The molecule has 8 heteroatoms. The molecule has 5 rings (SSSR count). The number of aliphatic hydroxyl groups is 1. The summed E-state index contributed by atoms with van der Waals surface area (Å²) in [6.45, 7) is 2.51. The molecule has 1 aliphatic heterocycles. The fourth-order valence-corrected chi connectivity index (χ4v) is 4.07. The topological polar surface area (TPSA) is 78.9 Å². The Hall–Kier alpha value is -3.65. The van der Waals surface area contributed by atoms with Crippen LogP contribution in [0, 0.1) is 0 Å². The van der Waals surface area contributed by atoms with Crippen molar-refractivity contribution in [3.63, 3.8) is 0 Å². The van der Waals surface area contributed by atoms with Gasteiger partial charge in [-0.25, -0.2) is 4.52 Å². The summed E-state index contributed by atoms with van der Waals surface area (Å²) < 4.78 is 3.66. The Morgan fingerprint density at radius 2 is 1.71 bits per heavy atom. The molecule has 1 atom stereocenters. The monoisotopic (exact) mass is 416 g/mol. The Morgan fingerprint density at radius 1 is 0.935 bits per heavy atom. The minimum absolute atomic E-state index is 0.244. The number of hydrogen-bond donors (Lipinski definition) is 1. The van der Waals surface area contributed by atoms with Crippen molar-refractivity contribution in [2.75, 3.05) is 31.1 Å². The molecular weight excluding hydrogens is 392 g/mol. The smallest absolute Gasteiger partial charge is 0.256 e. The molecule has 31 heavy (non-hydrogen) atoms. The van der Waals surface area contributed by atoms with Gasteiger partial charge in [0.05, 0.1) is 23.6 Å². The average Bonchev–Trinajstić information content (AvgIpc) is 3.44. The van der Waals surface area contributed by atoms with Crippen LogP contribution >= 0.6 is 0 Å². The van der Waals surface area contributed by atoms with Gasteiger partial charge in [0, 0.05) is 56.7 Å². The SMILES string of the molecule is Cn1cc(-c2ccc3c(N4CCN(C(=O)[C@H](O)c5ccccc5)CC4)cnn3c2)cn1. The Labute approximate surface area is 179 Å². The number of fused-ring (bicyclic) bond motifs is 1. The standard InChI is InChI=1S/C23H24N6O2/c1-26-15-19(13-24-26)18-7-8-20-21(14-25-29(20)16-18)27-9-11-28(12-10-27)23(31)22(30)17-5-3-2-4-6-17/h2-8,13-16,22,30H,9-12H2,1H3/t22-/m1/s1. The maximum absolute atomic E-state index is 12.7. The van der Waals surface area contributed by atoms with E-state index in [9.17, 15) is 9.90 Å². The number of hydrogen-bond acceptors (Lipinski definition) is 5. The first kappa shape index (κ1) is 19.3. The summed E-state index contributed by atoms with van der Waals surface area (Å²) in [5.41, 5.74) is 4.80. The summed E-state index contributed by atoms with van der Waals surface area (Å²) >= 11 is 0. The van der Waals surface area contributed by atoms with Crippen molar-refractivity contribution in [1.29, 1.82) is 0 Å². The van der Waals surface area contributed by atoms with E-state index in [1.54, 1.807) is 21.7 Å². The molecule has 1 amide bonds. The summed E-state index contributed by atoms with van der Waals surface area (Å²) in [5.74, 6) is -0.244. The molecule has 0 spiro atoms. The van der Waals surface area contributed by atoms with Gasteiger partial charge < -0.3 is 14.9 Å². The first-order valence-corrected chi connectivity index (χ1v) is 10.3.